The first-order chi connectivity index (χ1) is 17.9. The predicted molar refractivity (Wildman–Crippen MR) is 135 cm³/mol. The fraction of sp³-hybridized carbons (Fsp3) is 0.111. The van der Waals surface area contributed by atoms with Gasteiger partial charge in [0.1, 0.15) is 11.3 Å². The van der Waals surface area contributed by atoms with Crippen molar-refractivity contribution >= 4 is 29.5 Å². The van der Waals surface area contributed by atoms with Gasteiger partial charge in [-0.25, -0.2) is 19.1 Å². The van der Waals surface area contributed by atoms with Crippen LogP contribution in [0.2, 0.25) is 5.02 Å². The Hall–Kier alpha value is -4.63. The average molecular weight is 521 g/mol. The van der Waals surface area contributed by atoms with Crippen LogP contribution in [0.15, 0.2) is 72.8 Å². The number of carbonyl (C=O) groups excluding carboxylic acids is 3. The first kappa shape index (κ1) is 25.5. The van der Waals surface area contributed by atoms with Gasteiger partial charge in [-0.3, -0.25) is 0 Å². The third-order valence-electron chi connectivity index (χ3n) is 5.36. The number of aromatic nitrogens is 2. The number of para-hydroxylation sites is 1. The van der Waals surface area contributed by atoms with Crippen LogP contribution < -0.4 is 9.47 Å². The number of hydrogen-bond donors (Lipinski definition) is 0. The fourth-order valence-electron chi connectivity index (χ4n) is 3.64. The van der Waals surface area contributed by atoms with Crippen molar-refractivity contribution in [1.82, 2.24) is 9.78 Å². The number of hydrogen-bond acceptors (Lipinski definition) is 8. The van der Waals surface area contributed by atoms with E-state index in [2.05, 4.69) is 5.10 Å². The quantitative estimate of drug-likeness (QED) is 0.248. The highest BCUT2D eigenvalue weighted by Gasteiger charge is 2.32. The number of carbonyl (C=O) groups is 3. The minimum Gasteiger partial charge on any atom is -0.493 e. The highest BCUT2D eigenvalue weighted by molar-refractivity contribution is 6.33. The van der Waals surface area contributed by atoms with E-state index in [4.69, 9.17) is 30.5 Å². The summed E-state index contributed by atoms with van der Waals surface area (Å²) in [5.74, 6) is -2.15. The summed E-state index contributed by atoms with van der Waals surface area (Å²) in [7, 11) is 3.76. The van der Waals surface area contributed by atoms with E-state index in [-0.39, 0.29) is 33.5 Å². The van der Waals surface area contributed by atoms with Gasteiger partial charge < -0.3 is 18.9 Å². The molecule has 4 aromatic rings. The zero-order valence-electron chi connectivity index (χ0n) is 20.1. The van der Waals surface area contributed by atoms with Gasteiger partial charge in [0.05, 0.1) is 37.6 Å². The zero-order chi connectivity index (χ0) is 26.5. The summed E-state index contributed by atoms with van der Waals surface area (Å²) in [6.45, 7) is 0. The molecule has 0 spiro atoms. The molecular weight excluding hydrogens is 500 g/mol. The van der Waals surface area contributed by atoms with E-state index in [0.717, 1.165) is 0 Å². The standard InChI is InChI=1S/C27H21ClN2O7/c1-34-20-15-17(14-19(28)24(20)37-25(31)16-10-6-4-7-11-16)22-21(26(32)35-2)23(27(33)36-3)30(29-22)18-12-8-5-9-13-18/h4-15H,1-3H3. The van der Waals surface area contributed by atoms with Crippen LogP contribution in [0.4, 0.5) is 0 Å². The largest absolute Gasteiger partial charge is 0.493 e. The summed E-state index contributed by atoms with van der Waals surface area (Å²) in [6, 6.07) is 20.1. The number of ether oxygens (including phenoxy) is 4. The Labute approximate surface area is 217 Å². The summed E-state index contributed by atoms with van der Waals surface area (Å²) in [6.07, 6.45) is 0. The van der Waals surface area contributed by atoms with Crippen molar-refractivity contribution in [2.45, 2.75) is 0 Å². The average Bonchev–Trinajstić information content (AvgIpc) is 3.34. The molecule has 9 nitrogen and oxygen atoms in total. The molecule has 0 N–H and O–H groups in total. The topological polar surface area (TPSA) is 106 Å². The third-order valence-corrected chi connectivity index (χ3v) is 5.64. The van der Waals surface area contributed by atoms with Crippen LogP contribution in [-0.2, 0) is 9.47 Å². The van der Waals surface area contributed by atoms with Gasteiger partial charge in [-0.05, 0) is 36.4 Å². The second-order valence-corrected chi connectivity index (χ2v) is 7.95. The molecule has 0 aliphatic rings. The molecule has 3 aromatic carbocycles. The van der Waals surface area contributed by atoms with Crippen LogP contribution in [0.3, 0.4) is 0 Å². The maximum Gasteiger partial charge on any atom is 0.357 e. The van der Waals surface area contributed by atoms with E-state index in [0.29, 0.717) is 16.8 Å². The van der Waals surface area contributed by atoms with Crippen LogP contribution in [0.1, 0.15) is 31.2 Å². The summed E-state index contributed by atoms with van der Waals surface area (Å²) >= 11 is 6.51. The minimum atomic E-state index is -0.813. The van der Waals surface area contributed by atoms with Gasteiger partial charge in [0, 0.05) is 5.56 Å². The van der Waals surface area contributed by atoms with Crippen LogP contribution >= 0.6 is 11.6 Å². The number of rotatable bonds is 7. The van der Waals surface area contributed by atoms with Crippen molar-refractivity contribution in [3.05, 3.63) is 94.6 Å². The lowest BCUT2D eigenvalue weighted by Gasteiger charge is -2.13. The van der Waals surface area contributed by atoms with Crippen molar-refractivity contribution in [2.24, 2.45) is 0 Å². The molecule has 0 aliphatic carbocycles. The molecule has 0 aliphatic heterocycles. The van der Waals surface area contributed by atoms with Crippen LogP contribution in [-0.4, -0.2) is 49.0 Å². The highest BCUT2D eigenvalue weighted by atomic mass is 35.5. The van der Waals surface area contributed by atoms with Gasteiger partial charge in [-0.1, -0.05) is 48.0 Å². The van der Waals surface area contributed by atoms with E-state index in [9.17, 15) is 14.4 Å². The summed E-state index contributed by atoms with van der Waals surface area (Å²) in [5.41, 5.74) is 0.946. The van der Waals surface area contributed by atoms with E-state index in [1.807, 2.05) is 0 Å². The smallest absolute Gasteiger partial charge is 0.357 e. The van der Waals surface area contributed by atoms with Crippen LogP contribution in [0.5, 0.6) is 11.5 Å². The molecule has 0 saturated heterocycles. The van der Waals surface area contributed by atoms with Crippen LogP contribution in [0, 0.1) is 0 Å². The van der Waals surface area contributed by atoms with E-state index < -0.39 is 17.9 Å². The van der Waals surface area contributed by atoms with Crippen molar-refractivity contribution in [1.29, 1.82) is 0 Å². The van der Waals surface area contributed by atoms with E-state index >= 15 is 0 Å². The molecule has 1 heterocycles. The SMILES string of the molecule is COC(=O)c1c(-c2cc(Cl)c(OC(=O)c3ccccc3)c(OC)c2)nn(-c2ccccc2)c1C(=O)OC. The normalized spacial score (nSPS) is 10.5. The van der Waals surface area contributed by atoms with Crippen molar-refractivity contribution < 1.29 is 33.3 Å². The molecule has 0 unspecified atom stereocenters. The maximum atomic E-state index is 12.9. The molecular formula is C27H21ClN2O7. The Morgan fingerprint density at radius 3 is 2.03 bits per heavy atom. The lowest BCUT2D eigenvalue weighted by Crippen LogP contribution is -2.15. The maximum absolute atomic E-state index is 12.9. The second-order valence-electron chi connectivity index (χ2n) is 7.55. The van der Waals surface area contributed by atoms with Crippen molar-refractivity contribution in [2.75, 3.05) is 21.3 Å². The summed E-state index contributed by atoms with van der Waals surface area (Å²) in [5, 5.41) is 4.55. The van der Waals surface area contributed by atoms with Gasteiger partial charge in [-0.2, -0.15) is 5.10 Å². The van der Waals surface area contributed by atoms with Crippen molar-refractivity contribution in [3.63, 3.8) is 0 Å². The highest BCUT2D eigenvalue weighted by Crippen LogP contribution is 2.41. The second kappa shape index (κ2) is 11.0. The van der Waals surface area contributed by atoms with Gasteiger partial charge in [0.25, 0.3) is 0 Å². The molecule has 1 aromatic heterocycles. The monoisotopic (exact) mass is 520 g/mol. The lowest BCUT2D eigenvalue weighted by molar-refractivity contribution is 0.0549. The number of benzene rings is 3. The Bertz CT molecular complexity index is 1470. The lowest BCUT2D eigenvalue weighted by atomic mass is 10.0. The Kier molecular flexibility index (Phi) is 7.55. The minimum absolute atomic E-state index is 0.0166. The molecule has 0 amide bonds. The number of nitrogens with zero attached hydrogens (tertiary/aromatic N) is 2. The summed E-state index contributed by atoms with van der Waals surface area (Å²) in [4.78, 5) is 38.3. The molecule has 0 radical (unpaired) electrons. The Morgan fingerprint density at radius 1 is 0.811 bits per heavy atom. The first-order valence-electron chi connectivity index (χ1n) is 10.9. The zero-order valence-corrected chi connectivity index (χ0v) is 20.8. The molecule has 188 valence electrons. The molecule has 0 saturated carbocycles. The van der Waals surface area contributed by atoms with Gasteiger partial charge in [0.2, 0.25) is 0 Å². The van der Waals surface area contributed by atoms with E-state index in [1.165, 1.54) is 38.1 Å². The van der Waals surface area contributed by atoms with Gasteiger partial charge >= 0.3 is 17.9 Å². The predicted octanol–water partition coefficient (Wildman–Crippen LogP) is 4.99. The third kappa shape index (κ3) is 5.03. The summed E-state index contributed by atoms with van der Waals surface area (Å²) < 4.78 is 22.1. The number of methoxy groups -OCH3 is 3. The molecule has 37 heavy (non-hydrogen) atoms. The first-order valence-corrected chi connectivity index (χ1v) is 11.3. The molecule has 4 rings (SSSR count). The Balaban J connectivity index is 1.89. The van der Waals surface area contributed by atoms with Gasteiger partial charge in [0.15, 0.2) is 17.2 Å². The van der Waals surface area contributed by atoms with Crippen molar-refractivity contribution in [3.8, 4) is 28.4 Å². The molecule has 0 bridgehead atoms. The van der Waals surface area contributed by atoms with Crippen LogP contribution in [0.25, 0.3) is 16.9 Å². The number of halogens is 1. The molecule has 0 fully saturated rings. The van der Waals surface area contributed by atoms with Gasteiger partial charge in [-0.15, -0.1) is 0 Å². The van der Waals surface area contributed by atoms with E-state index in [1.54, 1.807) is 60.7 Å². The Morgan fingerprint density at radius 2 is 1.43 bits per heavy atom. The molecule has 0 atom stereocenters. The number of esters is 3. The molecule has 10 heteroatoms. The fourth-order valence-corrected chi connectivity index (χ4v) is 3.89.